The number of benzene rings is 2. The summed E-state index contributed by atoms with van der Waals surface area (Å²) < 4.78 is 18.3. The van der Waals surface area contributed by atoms with E-state index in [1.165, 1.54) is 60.5 Å². The highest BCUT2D eigenvalue weighted by Gasteiger charge is 2.27. The van der Waals surface area contributed by atoms with Crippen molar-refractivity contribution in [1.29, 1.82) is 0 Å². The standard InChI is InChI=1S/C23H24FN5O4S/c1-13(21(26)31)29(17-9-7-16(24)8-10-17)23-28-20(25)19(34-23)18(30)14-3-5-15(6-4-14)22(32)27-11-12-33-2/h3-10,13H,11-12,25H2,1-2H3,(H2,26,31)(H,27,32)/t13-/m1/s1. The van der Waals surface area contributed by atoms with Gasteiger partial charge in [0.15, 0.2) is 5.13 Å². The number of amides is 2. The van der Waals surface area contributed by atoms with Gasteiger partial charge in [-0.05, 0) is 43.3 Å². The number of nitrogens with two attached hydrogens (primary N) is 2. The number of rotatable bonds is 10. The molecule has 3 aromatic rings. The zero-order chi connectivity index (χ0) is 24.8. The van der Waals surface area contributed by atoms with Crippen LogP contribution in [0.25, 0.3) is 0 Å². The van der Waals surface area contributed by atoms with Crippen LogP contribution in [-0.2, 0) is 9.53 Å². The first-order valence-corrected chi connectivity index (χ1v) is 11.1. The van der Waals surface area contributed by atoms with Gasteiger partial charge in [0.25, 0.3) is 5.91 Å². The number of nitrogens with one attached hydrogen (secondary N) is 1. The number of carbonyl (C=O) groups is 3. The minimum Gasteiger partial charge on any atom is -0.383 e. The normalized spacial score (nSPS) is 11.6. The van der Waals surface area contributed by atoms with Crippen LogP contribution in [-0.4, -0.2) is 48.9 Å². The molecular formula is C23H24FN5O4S. The quantitative estimate of drug-likeness (QED) is 0.296. The third-order valence-corrected chi connectivity index (χ3v) is 6.03. The van der Waals surface area contributed by atoms with E-state index >= 15 is 0 Å². The van der Waals surface area contributed by atoms with E-state index in [0.717, 1.165) is 11.3 Å². The first-order chi connectivity index (χ1) is 16.2. The first-order valence-electron chi connectivity index (χ1n) is 10.2. The largest absolute Gasteiger partial charge is 0.383 e. The molecule has 0 bridgehead atoms. The fourth-order valence-electron chi connectivity index (χ4n) is 3.09. The maximum Gasteiger partial charge on any atom is 0.251 e. The van der Waals surface area contributed by atoms with Crippen molar-refractivity contribution in [2.45, 2.75) is 13.0 Å². The van der Waals surface area contributed by atoms with Gasteiger partial charge in [-0.3, -0.25) is 14.4 Å². The van der Waals surface area contributed by atoms with Crippen molar-refractivity contribution in [2.75, 3.05) is 30.9 Å². The van der Waals surface area contributed by atoms with E-state index in [2.05, 4.69) is 10.3 Å². The number of hydrogen-bond acceptors (Lipinski definition) is 8. The summed E-state index contributed by atoms with van der Waals surface area (Å²) in [5, 5.41) is 2.96. The summed E-state index contributed by atoms with van der Waals surface area (Å²) in [7, 11) is 1.54. The summed E-state index contributed by atoms with van der Waals surface area (Å²) in [5.41, 5.74) is 12.7. The highest BCUT2D eigenvalue weighted by atomic mass is 32.1. The van der Waals surface area contributed by atoms with Gasteiger partial charge in [-0.2, -0.15) is 0 Å². The van der Waals surface area contributed by atoms with E-state index in [-0.39, 0.29) is 21.7 Å². The molecule has 9 nitrogen and oxygen atoms in total. The van der Waals surface area contributed by atoms with Crippen molar-refractivity contribution < 1.29 is 23.5 Å². The second kappa shape index (κ2) is 10.9. The van der Waals surface area contributed by atoms with Crippen LogP contribution < -0.4 is 21.7 Å². The second-order valence-electron chi connectivity index (χ2n) is 7.29. The van der Waals surface area contributed by atoms with E-state index in [1.54, 1.807) is 6.92 Å². The molecule has 2 aromatic carbocycles. The van der Waals surface area contributed by atoms with Crippen LogP contribution in [0.4, 0.5) is 21.0 Å². The highest BCUT2D eigenvalue weighted by molar-refractivity contribution is 7.18. The lowest BCUT2D eigenvalue weighted by molar-refractivity contribution is -0.118. The molecule has 0 unspecified atom stereocenters. The SMILES string of the molecule is COCCNC(=O)c1ccc(C(=O)c2sc(N(c3ccc(F)cc3)[C@H](C)C(N)=O)nc2N)cc1. The molecule has 3 rings (SSSR count). The molecule has 0 aliphatic rings. The summed E-state index contributed by atoms with van der Waals surface area (Å²) in [5.74, 6) is -1.77. The lowest BCUT2D eigenvalue weighted by atomic mass is 10.1. The van der Waals surface area contributed by atoms with Crippen LogP contribution in [0.5, 0.6) is 0 Å². The van der Waals surface area contributed by atoms with Gasteiger partial charge in [-0.1, -0.05) is 23.5 Å². The lowest BCUT2D eigenvalue weighted by Crippen LogP contribution is -2.39. The molecular weight excluding hydrogens is 461 g/mol. The topological polar surface area (TPSA) is 141 Å². The fourth-order valence-corrected chi connectivity index (χ4v) is 4.14. The molecule has 0 aliphatic heterocycles. The van der Waals surface area contributed by atoms with E-state index in [9.17, 15) is 18.8 Å². The number of aromatic nitrogens is 1. The number of halogens is 1. The van der Waals surface area contributed by atoms with Crippen LogP contribution in [0.3, 0.4) is 0 Å². The highest BCUT2D eigenvalue weighted by Crippen LogP contribution is 2.36. The van der Waals surface area contributed by atoms with Crippen molar-refractivity contribution in [3.05, 3.63) is 70.4 Å². The van der Waals surface area contributed by atoms with Crippen molar-refractivity contribution in [2.24, 2.45) is 5.73 Å². The Morgan fingerprint density at radius 1 is 1.12 bits per heavy atom. The van der Waals surface area contributed by atoms with E-state index in [4.69, 9.17) is 16.2 Å². The number of ketones is 1. The van der Waals surface area contributed by atoms with Crippen molar-refractivity contribution in [3.8, 4) is 0 Å². The number of methoxy groups -OCH3 is 1. The van der Waals surface area contributed by atoms with Gasteiger partial charge in [-0.15, -0.1) is 0 Å². The van der Waals surface area contributed by atoms with Crippen LogP contribution in [0.1, 0.15) is 32.5 Å². The average molecular weight is 486 g/mol. The van der Waals surface area contributed by atoms with E-state index < -0.39 is 23.5 Å². The number of ether oxygens (including phenoxy) is 1. The van der Waals surface area contributed by atoms with Gasteiger partial charge in [-0.25, -0.2) is 9.37 Å². The van der Waals surface area contributed by atoms with Crippen LogP contribution in [0.15, 0.2) is 48.5 Å². The third kappa shape index (κ3) is 5.56. The Bertz CT molecular complexity index is 1180. The molecule has 0 aliphatic carbocycles. The van der Waals surface area contributed by atoms with Crippen molar-refractivity contribution >= 4 is 45.6 Å². The van der Waals surface area contributed by atoms with Crippen LogP contribution in [0, 0.1) is 5.82 Å². The summed E-state index contributed by atoms with van der Waals surface area (Å²) in [6.45, 7) is 2.32. The number of anilines is 3. The van der Waals surface area contributed by atoms with Gasteiger partial charge >= 0.3 is 0 Å². The molecule has 1 aromatic heterocycles. The maximum absolute atomic E-state index is 13.4. The first kappa shape index (κ1) is 24.8. The number of thiazole rings is 1. The molecule has 0 spiro atoms. The van der Waals surface area contributed by atoms with Gasteiger partial charge in [0, 0.05) is 30.5 Å². The smallest absolute Gasteiger partial charge is 0.251 e. The van der Waals surface area contributed by atoms with Gasteiger partial charge in [0.05, 0.1) is 6.61 Å². The van der Waals surface area contributed by atoms with Gasteiger partial charge in [0.2, 0.25) is 11.7 Å². The number of hydrogen-bond donors (Lipinski definition) is 3. The minimum atomic E-state index is -0.838. The molecule has 1 atom stereocenters. The molecule has 11 heteroatoms. The zero-order valence-corrected chi connectivity index (χ0v) is 19.4. The van der Waals surface area contributed by atoms with Gasteiger partial charge in [0.1, 0.15) is 22.6 Å². The van der Waals surface area contributed by atoms with Crippen molar-refractivity contribution in [1.82, 2.24) is 10.3 Å². The van der Waals surface area contributed by atoms with Crippen LogP contribution in [0.2, 0.25) is 0 Å². The summed E-state index contributed by atoms with van der Waals surface area (Å²) >= 11 is 0.985. The lowest BCUT2D eigenvalue weighted by Gasteiger charge is -2.26. The molecule has 178 valence electrons. The zero-order valence-electron chi connectivity index (χ0n) is 18.6. The fraction of sp³-hybridized carbons (Fsp3) is 0.217. The number of nitrogens with zero attached hydrogens (tertiary/aromatic N) is 2. The Labute approximate surface area is 199 Å². The van der Waals surface area contributed by atoms with Crippen LogP contribution >= 0.6 is 11.3 Å². The molecule has 0 saturated carbocycles. The molecule has 34 heavy (non-hydrogen) atoms. The Morgan fingerprint density at radius 2 is 1.74 bits per heavy atom. The Morgan fingerprint density at radius 3 is 2.32 bits per heavy atom. The monoisotopic (exact) mass is 485 g/mol. The maximum atomic E-state index is 13.4. The Balaban J connectivity index is 1.87. The predicted octanol–water partition coefficient (Wildman–Crippen LogP) is 2.48. The number of primary amides is 1. The molecule has 1 heterocycles. The second-order valence-corrected chi connectivity index (χ2v) is 8.27. The van der Waals surface area contributed by atoms with Crippen molar-refractivity contribution in [3.63, 3.8) is 0 Å². The van der Waals surface area contributed by atoms with E-state index in [1.807, 2.05) is 0 Å². The summed E-state index contributed by atoms with van der Waals surface area (Å²) in [6, 6.07) is 10.7. The predicted molar refractivity (Wildman–Crippen MR) is 128 cm³/mol. The number of nitrogen functional groups attached to an aromatic ring is 1. The molecule has 0 fully saturated rings. The summed E-state index contributed by atoms with van der Waals surface area (Å²) in [4.78, 5) is 43.1. The summed E-state index contributed by atoms with van der Waals surface area (Å²) in [6.07, 6.45) is 0. The molecule has 5 N–H and O–H groups in total. The molecule has 0 saturated heterocycles. The number of carbonyl (C=O) groups excluding carboxylic acids is 3. The molecule has 2 amide bonds. The average Bonchev–Trinajstić information content (AvgIpc) is 3.21. The Kier molecular flexibility index (Phi) is 7.92. The Hall–Kier alpha value is -3.83. The van der Waals surface area contributed by atoms with E-state index in [0.29, 0.717) is 30.0 Å². The third-order valence-electron chi connectivity index (χ3n) is 4.96. The molecule has 0 radical (unpaired) electrons. The van der Waals surface area contributed by atoms with Gasteiger partial charge < -0.3 is 26.4 Å². The minimum absolute atomic E-state index is 0.0184.